The fourth-order valence-corrected chi connectivity index (χ4v) is 2.82. The Bertz CT molecular complexity index is 325. The molecule has 0 amide bonds. The summed E-state index contributed by atoms with van der Waals surface area (Å²) in [5, 5.41) is 6.38. The number of hydrogen-bond acceptors (Lipinski definition) is 1. The molecule has 0 heterocycles. The van der Waals surface area contributed by atoms with Crippen LogP contribution in [0.15, 0.2) is 4.99 Å². The van der Waals surface area contributed by atoms with E-state index in [1.165, 1.54) is 0 Å². The molecule has 0 aromatic carbocycles. The van der Waals surface area contributed by atoms with E-state index in [4.69, 9.17) is 0 Å². The monoisotopic (exact) mass is 307 g/mol. The predicted octanol–water partition coefficient (Wildman–Crippen LogP) is 3.71. The van der Waals surface area contributed by atoms with Gasteiger partial charge in [-0.05, 0) is 25.2 Å². The van der Waals surface area contributed by atoms with E-state index in [9.17, 15) is 13.2 Å². The van der Waals surface area contributed by atoms with E-state index in [0.717, 1.165) is 25.8 Å². The molecule has 0 spiro atoms. The zero-order valence-corrected chi connectivity index (χ0v) is 13.3. The van der Waals surface area contributed by atoms with E-state index in [1.54, 1.807) is 7.05 Å². The lowest BCUT2D eigenvalue weighted by Gasteiger charge is -2.32. The number of nitrogens with one attached hydrogen (secondary N) is 2. The molecule has 1 aliphatic rings. The minimum atomic E-state index is -4.08. The molecule has 0 bridgehead atoms. The van der Waals surface area contributed by atoms with Crippen LogP contribution in [0.4, 0.5) is 13.2 Å². The molecule has 6 heteroatoms. The summed E-state index contributed by atoms with van der Waals surface area (Å²) < 4.78 is 38.4. The molecule has 2 N–H and O–H groups in total. The molecule has 0 aliphatic heterocycles. The molecule has 1 saturated carbocycles. The van der Waals surface area contributed by atoms with Gasteiger partial charge in [-0.3, -0.25) is 4.99 Å². The summed E-state index contributed by atoms with van der Waals surface area (Å²) in [6.45, 7) is 5.09. The molecule has 3 nitrogen and oxygen atoms in total. The Morgan fingerprint density at radius 2 is 1.90 bits per heavy atom. The highest BCUT2D eigenvalue weighted by Gasteiger charge is 2.42. The molecular weight excluding hydrogens is 279 g/mol. The summed E-state index contributed by atoms with van der Waals surface area (Å²) in [6, 6.07) is -0.140. The van der Waals surface area contributed by atoms with Crippen LogP contribution < -0.4 is 10.6 Å². The highest BCUT2D eigenvalue weighted by Crippen LogP contribution is 2.37. The van der Waals surface area contributed by atoms with Crippen molar-refractivity contribution >= 4 is 5.96 Å². The van der Waals surface area contributed by atoms with Gasteiger partial charge in [-0.2, -0.15) is 13.2 Å². The first-order valence-electron chi connectivity index (χ1n) is 7.94. The number of guanidine groups is 1. The molecule has 0 aromatic heterocycles. The minimum absolute atomic E-state index is 0.140. The van der Waals surface area contributed by atoms with Gasteiger partial charge in [0.05, 0.1) is 5.92 Å². The second-order valence-corrected chi connectivity index (χ2v) is 5.88. The van der Waals surface area contributed by atoms with Crippen molar-refractivity contribution in [3.8, 4) is 0 Å². The van der Waals surface area contributed by atoms with Crippen molar-refractivity contribution in [3.05, 3.63) is 0 Å². The molecule has 21 heavy (non-hydrogen) atoms. The third-order valence-corrected chi connectivity index (χ3v) is 4.41. The molecule has 0 saturated heterocycles. The van der Waals surface area contributed by atoms with Gasteiger partial charge in [0, 0.05) is 19.6 Å². The second kappa shape index (κ2) is 8.49. The molecule has 0 radical (unpaired) electrons. The Morgan fingerprint density at radius 1 is 1.24 bits per heavy atom. The molecule has 1 fully saturated rings. The van der Waals surface area contributed by atoms with Crippen molar-refractivity contribution in [2.45, 2.75) is 64.6 Å². The quantitative estimate of drug-likeness (QED) is 0.600. The lowest BCUT2D eigenvalue weighted by atomic mass is 9.85. The largest absolute Gasteiger partial charge is 0.391 e. The SMILES string of the molecule is CCC(CC)CNC(=NC)NC1CCCC(C(F)(F)F)C1. The number of aliphatic imine (C=N–C) groups is 1. The van der Waals surface area contributed by atoms with Crippen molar-refractivity contribution in [2.24, 2.45) is 16.8 Å². The number of halogens is 3. The van der Waals surface area contributed by atoms with Gasteiger partial charge in [0.1, 0.15) is 0 Å². The Morgan fingerprint density at radius 3 is 2.43 bits per heavy atom. The maximum atomic E-state index is 12.8. The molecular formula is C15H28F3N3. The number of nitrogens with zero attached hydrogens (tertiary/aromatic N) is 1. The summed E-state index contributed by atoms with van der Waals surface area (Å²) in [5.41, 5.74) is 0. The molecule has 2 atom stereocenters. The van der Waals surface area contributed by atoms with Crippen LogP contribution >= 0.6 is 0 Å². The Balaban J connectivity index is 2.46. The molecule has 1 rings (SSSR count). The van der Waals surface area contributed by atoms with Crippen LogP contribution in [0.3, 0.4) is 0 Å². The Kier molecular flexibility index (Phi) is 7.32. The minimum Gasteiger partial charge on any atom is -0.356 e. The summed E-state index contributed by atoms with van der Waals surface area (Å²) in [6.07, 6.45) is -0.118. The summed E-state index contributed by atoms with van der Waals surface area (Å²) >= 11 is 0. The van der Waals surface area contributed by atoms with E-state index < -0.39 is 12.1 Å². The smallest absolute Gasteiger partial charge is 0.356 e. The lowest BCUT2D eigenvalue weighted by molar-refractivity contribution is -0.183. The first-order valence-corrected chi connectivity index (χ1v) is 7.94. The van der Waals surface area contributed by atoms with Crippen LogP contribution in [0, 0.1) is 11.8 Å². The summed E-state index contributed by atoms with van der Waals surface area (Å²) in [7, 11) is 1.66. The topological polar surface area (TPSA) is 36.4 Å². The first kappa shape index (κ1) is 18.1. The first-order chi connectivity index (χ1) is 9.90. The highest BCUT2D eigenvalue weighted by molar-refractivity contribution is 5.79. The van der Waals surface area contributed by atoms with E-state index in [-0.39, 0.29) is 18.9 Å². The van der Waals surface area contributed by atoms with Crippen LogP contribution in [0.2, 0.25) is 0 Å². The number of hydrogen-bond donors (Lipinski definition) is 2. The van der Waals surface area contributed by atoms with Gasteiger partial charge < -0.3 is 10.6 Å². The second-order valence-electron chi connectivity index (χ2n) is 5.88. The van der Waals surface area contributed by atoms with Crippen molar-refractivity contribution in [1.82, 2.24) is 10.6 Å². The molecule has 124 valence electrons. The Labute approximate surface area is 125 Å². The van der Waals surface area contributed by atoms with E-state index >= 15 is 0 Å². The average Bonchev–Trinajstić information content (AvgIpc) is 2.46. The van der Waals surface area contributed by atoms with Crippen molar-refractivity contribution in [1.29, 1.82) is 0 Å². The van der Waals surface area contributed by atoms with Crippen LogP contribution in [0.5, 0.6) is 0 Å². The standard InChI is InChI=1S/C15H28F3N3/c1-4-11(5-2)10-20-14(19-3)21-13-8-6-7-12(9-13)15(16,17)18/h11-13H,4-10H2,1-3H3,(H2,19,20,21). The molecule has 0 aromatic rings. The summed E-state index contributed by atoms with van der Waals surface area (Å²) in [4.78, 5) is 4.12. The third-order valence-electron chi connectivity index (χ3n) is 4.41. The maximum absolute atomic E-state index is 12.8. The van der Waals surface area contributed by atoms with Crippen LogP contribution in [-0.4, -0.2) is 31.8 Å². The van der Waals surface area contributed by atoms with E-state index in [0.29, 0.717) is 18.3 Å². The van der Waals surface area contributed by atoms with Crippen molar-refractivity contribution < 1.29 is 13.2 Å². The summed E-state index contributed by atoms with van der Waals surface area (Å²) in [5.74, 6) is 0.00782. The maximum Gasteiger partial charge on any atom is 0.391 e. The van der Waals surface area contributed by atoms with Gasteiger partial charge in [0.25, 0.3) is 0 Å². The Hall–Kier alpha value is -0.940. The van der Waals surface area contributed by atoms with E-state index in [1.807, 2.05) is 0 Å². The van der Waals surface area contributed by atoms with Gasteiger partial charge in [-0.1, -0.05) is 33.1 Å². The number of alkyl halides is 3. The highest BCUT2D eigenvalue weighted by atomic mass is 19.4. The fraction of sp³-hybridized carbons (Fsp3) is 0.933. The van der Waals surface area contributed by atoms with Crippen LogP contribution in [0.1, 0.15) is 52.4 Å². The third kappa shape index (κ3) is 6.14. The number of rotatable bonds is 5. The van der Waals surface area contributed by atoms with Gasteiger partial charge in [0.2, 0.25) is 0 Å². The van der Waals surface area contributed by atoms with Gasteiger partial charge in [-0.25, -0.2) is 0 Å². The molecule has 1 aliphatic carbocycles. The zero-order valence-electron chi connectivity index (χ0n) is 13.3. The van der Waals surface area contributed by atoms with Gasteiger partial charge >= 0.3 is 6.18 Å². The van der Waals surface area contributed by atoms with Crippen molar-refractivity contribution in [3.63, 3.8) is 0 Å². The fourth-order valence-electron chi connectivity index (χ4n) is 2.82. The normalized spacial score (nSPS) is 24.2. The zero-order chi connectivity index (χ0) is 15.9. The molecule has 2 unspecified atom stereocenters. The van der Waals surface area contributed by atoms with Crippen molar-refractivity contribution in [2.75, 3.05) is 13.6 Å². The average molecular weight is 307 g/mol. The van der Waals surface area contributed by atoms with Crippen LogP contribution in [-0.2, 0) is 0 Å². The lowest BCUT2D eigenvalue weighted by Crippen LogP contribution is -2.47. The van der Waals surface area contributed by atoms with Crippen LogP contribution in [0.25, 0.3) is 0 Å². The van der Waals surface area contributed by atoms with E-state index in [2.05, 4.69) is 29.5 Å². The predicted molar refractivity (Wildman–Crippen MR) is 80.4 cm³/mol. The van der Waals surface area contributed by atoms with Gasteiger partial charge in [-0.15, -0.1) is 0 Å². The van der Waals surface area contributed by atoms with Gasteiger partial charge in [0.15, 0.2) is 5.96 Å².